The maximum Gasteiger partial charge on any atom is 0.305 e. The maximum absolute atomic E-state index is 12.2. The van der Waals surface area contributed by atoms with Gasteiger partial charge in [0, 0.05) is 18.7 Å². The third kappa shape index (κ3) is 4.59. The van der Waals surface area contributed by atoms with Crippen LogP contribution in [-0.2, 0) is 11.3 Å². The van der Waals surface area contributed by atoms with Crippen molar-refractivity contribution in [1.82, 2.24) is 9.88 Å². The Morgan fingerprint density at radius 3 is 2.62 bits per heavy atom. The van der Waals surface area contributed by atoms with E-state index in [1.165, 1.54) is 16.8 Å². The fraction of sp³-hybridized carbons (Fsp3) is 0.538. The maximum atomic E-state index is 12.2. The monoisotopic (exact) mass is 297 g/mol. The van der Waals surface area contributed by atoms with Gasteiger partial charge < -0.3 is 15.0 Å². The van der Waals surface area contributed by atoms with Crippen molar-refractivity contribution in [3.8, 4) is 0 Å². The second kappa shape index (κ2) is 7.41. The van der Waals surface area contributed by atoms with Gasteiger partial charge in [-0.2, -0.15) is 0 Å². The van der Waals surface area contributed by atoms with Crippen LogP contribution in [0.15, 0.2) is 12.3 Å². The van der Waals surface area contributed by atoms with Crippen LogP contribution >= 0.6 is 0 Å². The van der Waals surface area contributed by atoms with Gasteiger partial charge in [0.2, 0.25) is 0 Å². The van der Waals surface area contributed by atoms with Crippen LogP contribution in [0.1, 0.15) is 43.6 Å². The average Bonchev–Trinajstić information content (AvgIpc) is 2.82. The lowest BCUT2D eigenvalue weighted by Crippen LogP contribution is -2.37. The number of aryl methyl sites for hydroxylation is 1. The molecular formula is C13H19N3O5. The number of nitrogens with zero attached hydrogens (tertiary/aromatic N) is 2. The number of hydrogen-bond acceptors (Lipinski definition) is 4. The van der Waals surface area contributed by atoms with Crippen LogP contribution in [0.5, 0.6) is 0 Å². The molecule has 0 spiro atoms. The number of amides is 1. The molecule has 1 heterocycles. The Morgan fingerprint density at radius 1 is 1.48 bits per heavy atom. The molecule has 2 N–H and O–H groups in total. The van der Waals surface area contributed by atoms with Crippen molar-refractivity contribution in [1.29, 1.82) is 0 Å². The summed E-state index contributed by atoms with van der Waals surface area (Å²) in [5.74, 6) is -1.49. The van der Waals surface area contributed by atoms with E-state index in [1.807, 2.05) is 6.92 Å². The van der Waals surface area contributed by atoms with Crippen molar-refractivity contribution in [3.63, 3.8) is 0 Å². The minimum absolute atomic E-state index is 0.160. The molecule has 116 valence electrons. The van der Waals surface area contributed by atoms with Gasteiger partial charge in [-0.3, -0.25) is 19.7 Å². The molecular weight excluding hydrogens is 278 g/mol. The quantitative estimate of drug-likeness (QED) is 0.560. The van der Waals surface area contributed by atoms with E-state index in [0.29, 0.717) is 13.0 Å². The molecule has 1 atom stereocenters. The molecule has 0 saturated heterocycles. The first-order valence-electron chi connectivity index (χ1n) is 6.76. The number of hydrogen-bond donors (Lipinski definition) is 2. The van der Waals surface area contributed by atoms with Crippen LogP contribution in [-0.4, -0.2) is 32.5 Å². The number of carbonyl (C=O) groups is 2. The Balaban J connectivity index is 2.90. The Kier molecular flexibility index (Phi) is 5.89. The van der Waals surface area contributed by atoms with Crippen molar-refractivity contribution in [2.75, 3.05) is 0 Å². The topological polar surface area (TPSA) is 114 Å². The lowest BCUT2D eigenvalue weighted by molar-refractivity contribution is -0.384. The lowest BCUT2D eigenvalue weighted by Gasteiger charge is -2.16. The number of aromatic nitrogens is 1. The Labute approximate surface area is 121 Å². The Hall–Kier alpha value is -2.38. The van der Waals surface area contributed by atoms with E-state index in [0.717, 1.165) is 6.42 Å². The molecule has 1 aromatic heterocycles. The predicted molar refractivity (Wildman–Crippen MR) is 75.2 cm³/mol. The summed E-state index contributed by atoms with van der Waals surface area (Å²) in [6.07, 6.45) is 2.38. The van der Waals surface area contributed by atoms with Gasteiger partial charge >= 0.3 is 5.97 Å². The number of nitrogens with one attached hydrogen (secondary N) is 1. The highest BCUT2D eigenvalue weighted by atomic mass is 16.6. The molecule has 0 saturated carbocycles. The third-order valence-corrected chi connectivity index (χ3v) is 3.06. The zero-order valence-electron chi connectivity index (χ0n) is 12.0. The summed E-state index contributed by atoms with van der Waals surface area (Å²) < 4.78 is 1.47. The molecule has 8 nitrogen and oxygen atoms in total. The van der Waals surface area contributed by atoms with Crippen LogP contribution in [0.25, 0.3) is 0 Å². The molecule has 1 rings (SSSR count). The second-order valence-corrected chi connectivity index (χ2v) is 4.68. The number of rotatable bonds is 8. The van der Waals surface area contributed by atoms with Crippen LogP contribution in [0.2, 0.25) is 0 Å². The lowest BCUT2D eigenvalue weighted by atomic mass is 10.1. The average molecular weight is 297 g/mol. The van der Waals surface area contributed by atoms with Gasteiger partial charge in [0.25, 0.3) is 11.6 Å². The standard InChI is InChI=1S/C13H19N3O5/c1-3-5-9(6-12(17)18)14-13(19)11-7-10(16(20)21)8-15(11)4-2/h7-9H,3-6H2,1-2H3,(H,14,19)(H,17,18). The van der Waals surface area contributed by atoms with E-state index < -0.39 is 22.8 Å². The summed E-state index contributed by atoms with van der Waals surface area (Å²) >= 11 is 0. The summed E-state index contributed by atoms with van der Waals surface area (Å²) in [6, 6.07) is 0.710. The fourth-order valence-electron chi connectivity index (χ4n) is 2.09. The van der Waals surface area contributed by atoms with Gasteiger partial charge in [-0.1, -0.05) is 13.3 Å². The first kappa shape index (κ1) is 16.7. The minimum atomic E-state index is -0.995. The number of aliphatic carboxylic acids is 1. The van der Waals surface area contributed by atoms with Crippen molar-refractivity contribution in [3.05, 3.63) is 28.1 Å². The molecule has 0 aliphatic carbocycles. The highest BCUT2D eigenvalue weighted by Crippen LogP contribution is 2.17. The smallest absolute Gasteiger partial charge is 0.305 e. The first-order chi connectivity index (χ1) is 9.88. The highest BCUT2D eigenvalue weighted by molar-refractivity contribution is 5.94. The van der Waals surface area contributed by atoms with Crippen LogP contribution in [0.3, 0.4) is 0 Å². The molecule has 0 radical (unpaired) electrons. The molecule has 0 fully saturated rings. The molecule has 0 bridgehead atoms. The molecule has 1 amide bonds. The number of carboxylic acid groups (broad SMARTS) is 1. The summed E-state index contributed by atoms with van der Waals surface area (Å²) in [6.45, 7) is 4.07. The van der Waals surface area contributed by atoms with Crippen LogP contribution in [0, 0.1) is 10.1 Å². The third-order valence-electron chi connectivity index (χ3n) is 3.06. The summed E-state index contributed by atoms with van der Waals surface area (Å²) in [4.78, 5) is 33.1. The van der Waals surface area contributed by atoms with Gasteiger partial charge in [-0.15, -0.1) is 0 Å². The largest absolute Gasteiger partial charge is 0.481 e. The second-order valence-electron chi connectivity index (χ2n) is 4.68. The Bertz CT molecular complexity index is 538. The highest BCUT2D eigenvalue weighted by Gasteiger charge is 2.21. The zero-order chi connectivity index (χ0) is 16.0. The van der Waals surface area contributed by atoms with Crippen molar-refractivity contribution in [2.24, 2.45) is 0 Å². The predicted octanol–water partition coefficient (Wildman–Crippen LogP) is 1.79. The van der Waals surface area contributed by atoms with Gasteiger partial charge in [-0.05, 0) is 13.3 Å². The van der Waals surface area contributed by atoms with Gasteiger partial charge in [0.05, 0.1) is 17.5 Å². The van der Waals surface area contributed by atoms with E-state index in [4.69, 9.17) is 5.11 Å². The SMILES string of the molecule is CCCC(CC(=O)O)NC(=O)c1cc([N+](=O)[O-])cn1CC. The molecule has 1 unspecified atom stereocenters. The van der Waals surface area contributed by atoms with Gasteiger partial charge in [0.15, 0.2) is 0 Å². The summed E-state index contributed by atoms with van der Waals surface area (Å²) in [5, 5.41) is 22.2. The van der Waals surface area contributed by atoms with Crippen molar-refractivity contribution < 1.29 is 19.6 Å². The molecule has 0 aromatic carbocycles. The summed E-state index contributed by atoms with van der Waals surface area (Å²) in [7, 11) is 0. The van der Waals surface area contributed by atoms with Crippen molar-refractivity contribution >= 4 is 17.6 Å². The van der Waals surface area contributed by atoms with Gasteiger partial charge in [-0.25, -0.2) is 0 Å². The van der Waals surface area contributed by atoms with E-state index >= 15 is 0 Å². The van der Waals surface area contributed by atoms with E-state index in [-0.39, 0.29) is 17.8 Å². The molecule has 1 aromatic rings. The molecule has 0 aliphatic heterocycles. The molecule has 0 aliphatic rings. The number of nitro groups is 1. The molecule has 21 heavy (non-hydrogen) atoms. The van der Waals surface area contributed by atoms with E-state index in [1.54, 1.807) is 6.92 Å². The number of carbonyl (C=O) groups excluding carboxylic acids is 1. The molecule has 8 heteroatoms. The zero-order valence-corrected chi connectivity index (χ0v) is 12.0. The number of carboxylic acids is 1. The van der Waals surface area contributed by atoms with E-state index in [9.17, 15) is 19.7 Å². The van der Waals surface area contributed by atoms with E-state index in [2.05, 4.69) is 5.32 Å². The van der Waals surface area contributed by atoms with Crippen molar-refractivity contribution in [2.45, 2.75) is 45.7 Å². The summed E-state index contributed by atoms with van der Waals surface area (Å²) in [5.41, 5.74) is 0.00275. The van der Waals surface area contributed by atoms with Crippen LogP contribution < -0.4 is 5.32 Å². The van der Waals surface area contributed by atoms with Crippen LogP contribution in [0.4, 0.5) is 5.69 Å². The van der Waals surface area contributed by atoms with Gasteiger partial charge in [0.1, 0.15) is 5.69 Å². The normalized spacial score (nSPS) is 11.9. The minimum Gasteiger partial charge on any atom is -0.481 e. The first-order valence-corrected chi connectivity index (χ1v) is 6.76. The fourth-order valence-corrected chi connectivity index (χ4v) is 2.09. The Morgan fingerprint density at radius 2 is 2.14 bits per heavy atom.